The van der Waals surface area contributed by atoms with Crippen molar-refractivity contribution in [1.82, 2.24) is 0 Å². The molecule has 0 aromatic heterocycles. The monoisotopic (exact) mass is 346 g/mol. The van der Waals surface area contributed by atoms with Crippen LogP contribution in [0.5, 0.6) is 0 Å². The molecule has 1 aliphatic heterocycles. The SMILES string of the molecule is C/C=C(/C)C(=O)OC1C=C(C)CCC23OC(=O)C(C)C2CC(=O)C13C. The van der Waals surface area contributed by atoms with E-state index in [1.807, 2.05) is 19.9 Å². The third-order valence-corrected chi connectivity index (χ3v) is 6.61. The fourth-order valence-corrected chi connectivity index (χ4v) is 4.66. The zero-order chi connectivity index (χ0) is 18.6. The third kappa shape index (κ3) is 2.31. The van der Waals surface area contributed by atoms with E-state index in [2.05, 4.69) is 0 Å². The zero-order valence-corrected chi connectivity index (χ0v) is 15.5. The summed E-state index contributed by atoms with van der Waals surface area (Å²) in [5.41, 5.74) is -0.391. The van der Waals surface area contributed by atoms with Gasteiger partial charge in [0.1, 0.15) is 22.9 Å². The number of rotatable bonds is 2. The minimum absolute atomic E-state index is 0.0127. The summed E-state index contributed by atoms with van der Waals surface area (Å²) < 4.78 is 11.6. The lowest BCUT2D eigenvalue weighted by atomic mass is 9.67. The Balaban J connectivity index is 2.08. The number of carbonyl (C=O) groups is 3. The van der Waals surface area contributed by atoms with Gasteiger partial charge in [-0.2, -0.15) is 0 Å². The van der Waals surface area contributed by atoms with E-state index in [-0.39, 0.29) is 23.6 Å². The van der Waals surface area contributed by atoms with Gasteiger partial charge in [-0.05, 0) is 46.6 Å². The number of esters is 2. The van der Waals surface area contributed by atoms with Gasteiger partial charge in [0.15, 0.2) is 0 Å². The zero-order valence-electron chi connectivity index (χ0n) is 15.5. The summed E-state index contributed by atoms with van der Waals surface area (Å²) in [5.74, 6) is -1.14. The summed E-state index contributed by atoms with van der Waals surface area (Å²) in [6.07, 6.45) is 4.43. The lowest BCUT2D eigenvalue weighted by Crippen LogP contribution is -2.55. The second-order valence-corrected chi connectivity index (χ2v) is 7.85. The number of allylic oxidation sites excluding steroid dienone is 2. The van der Waals surface area contributed by atoms with Gasteiger partial charge in [-0.25, -0.2) is 4.79 Å². The molecule has 5 atom stereocenters. The first-order valence-electron chi connectivity index (χ1n) is 8.94. The number of hydrogen-bond donors (Lipinski definition) is 0. The van der Waals surface area contributed by atoms with Crippen molar-refractivity contribution in [2.24, 2.45) is 17.3 Å². The van der Waals surface area contributed by atoms with Crippen LogP contribution in [0.15, 0.2) is 23.3 Å². The molecule has 136 valence electrons. The summed E-state index contributed by atoms with van der Waals surface area (Å²) in [4.78, 5) is 37.7. The minimum Gasteiger partial charge on any atom is -0.457 e. The second-order valence-electron chi connectivity index (χ2n) is 7.85. The molecule has 0 aromatic carbocycles. The molecule has 0 radical (unpaired) electrons. The first-order valence-corrected chi connectivity index (χ1v) is 8.94. The minimum atomic E-state index is -1.04. The highest BCUT2D eigenvalue weighted by Crippen LogP contribution is 2.62. The quantitative estimate of drug-likeness (QED) is 0.436. The van der Waals surface area contributed by atoms with E-state index in [4.69, 9.17) is 9.47 Å². The maximum atomic E-state index is 13.1. The Morgan fingerprint density at radius 2 is 2.08 bits per heavy atom. The van der Waals surface area contributed by atoms with Gasteiger partial charge in [0.2, 0.25) is 0 Å². The third-order valence-electron chi connectivity index (χ3n) is 6.61. The van der Waals surface area contributed by atoms with E-state index in [0.29, 0.717) is 18.4 Å². The van der Waals surface area contributed by atoms with E-state index < -0.39 is 23.1 Å². The standard InChI is InChI=1S/C20H26O5/c1-6-12(3)17(22)24-16-9-11(2)7-8-20-14(13(4)18(23)25-20)10-15(21)19(16,20)5/h6,9,13-14,16H,7-8,10H2,1-5H3/b12-6-. The highest BCUT2D eigenvalue weighted by atomic mass is 16.6. The molecule has 5 unspecified atom stereocenters. The molecule has 1 heterocycles. The Bertz CT molecular complexity index is 703. The van der Waals surface area contributed by atoms with Crippen LogP contribution in [-0.2, 0) is 23.9 Å². The molecule has 0 amide bonds. The van der Waals surface area contributed by atoms with Crippen LogP contribution in [0.2, 0.25) is 0 Å². The summed E-state index contributed by atoms with van der Waals surface area (Å²) in [7, 11) is 0. The Morgan fingerprint density at radius 1 is 1.40 bits per heavy atom. The molecule has 0 N–H and O–H groups in total. The summed E-state index contributed by atoms with van der Waals surface area (Å²) in [6.45, 7) is 9.05. The predicted molar refractivity (Wildman–Crippen MR) is 91.5 cm³/mol. The first-order chi connectivity index (χ1) is 11.7. The van der Waals surface area contributed by atoms with Crippen molar-refractivity contribution < 1.29 is 23.9 Å². The summed E-state index contributed by atoms with van der Waals surface area (Å²) in [5, 5.41) is 0. The average Bonchev–Trinajstić information content (AvgIpc) is 2.90. The normalized spacial score (nSPS) is 40.8. The van der Waals surface area contributed by atoms with Crippen LogP contribution >= 0.6 is 0 Å². The van der Waals surface area contributed by atoms with Gasteiger partial charge in [-0.15, -0.1) is 0 Å². The lowest BCUT2D eigenvalue weighted by Gasteiger charge is -2.43. The molecule has 2 fully saturated rings. The summed E-state index contributed by atoms with van der Waals surface area (Å²) >= 11 is 0. The molecule has 5 heteroatoms. The van der Waals surface area contributed by atoms with Crippen LogP contribution in [0.25, 0.3) is 0 Å². The van der Waals surface area contributed by atoms with Crippen molar-refractivity contribution in [2.75, 3.05) is 0 Å². The molecule has 3 aliphatic rings. The van der Waals surface area contributed by atoms with E-state index in [1.165, 1.54) is 0 Å². The number of Topliss-reactive ketones (excluding diaryl/α,β-unsaturated/α-hetero) is 1. The van der Waals surface area contributed by atoms with Crippen molar-refractivity contribution in [3.63, 3.8) is 0 Å². The molecule has 5 nitrogen and oxygen atoms in total. The van der Waals surface area contributed by atoms with Crippen LogP contribution in [0.4, 0.5) is 0 Å². The van der Waals surface area contributed by atoms with Crippen molar-refractivity contribution >= 4 is 17.7 Å². The van der Waals surface area contributed by atoms with Crippen LogP contribution in [0, 0.1) is 17.3 Å². The van der Waals surface area contributed by atoms with Crippen LogP contribution in [0.1, 0.15) is 53.9 Å². The maximum Gasteiger partial charge on any atom is 0.334 e. The van der Waals surface area contributed by atoms with Crippen molar-refractivity contribution in [3.8, 4) is 0 Å². The molecular formula is C20H26O5. The van der Waals surface area contributed by atoms with Gasteiger partial charge in [0.25, 0.3) is 0 Å². The molecule has 0 bridgehead atoms. The van der Waals surface area contributed by atoms with Gasteiger partial charge >= 0.3 is 11.9 Å². The Labute approximate surface area is 148 Å². The predicted octanol–water partition coefficient (Wildman–Crippen LogP) is 3.13. The smallest absolute Gasteiger partial charge is 0.334 e. The van der Waals surface area contributed by atoms with Gasteiger partial charge in [0, 0.05) is 17.9 Å². The molecule has 25 heavy (non-hydrogen) atoms. The number of carbonyl (C=O) groups excluding carboxylic acids is 3. The van der Waals surface area contributed by atoms with E-state index in [9.17, 15) is 14.4 Å². The van der Waals surface area contributed by atoms with Crippen molar-refractivity contribution in [2.45, 2.75) is 65.6 Å². The van der Waals surface area contributed by atoms with E-state index in [0.717, 1.165) is 12.0 Å². The van der Waals surface area contributed by atoms with Crippen LogP contribution in [0.3, 0.4) is 0 Å². The van der Waals surface area contributed by atoms with Crippen molar-refractivity contribution in [3.05, 3.63) is 23.3 Å². The first kappa shape index (κ1) is 17.9. The van der Waals surface area contributed by atoms with E-state index in [1.54, 1.807) is 26.8 Å². The highest BCUT2D eigenvalue weighted by Gasteiger charge is 2.73. The number of ether oxygens (including phenoxy) is 2. The van der Waals surface area contributed by atoms with Gasteiger partial charge < -0.3 is 9.47 Å². The molecule has 0 aromatic rings. The highest BCUT2D eigenvalue weighted by molar-refractivity contribution is 5.94. The fraction of sp³-hybridized carbons (Fsp3) is 0.650. The van der Waals surface area contributed by atoms with Gasteiger partial charge in [-0.1, -0.05) is 18.6 Å². The Morgan fingerprint density at radius 3 is 2.72 bits per heavy atom. The second kappa shape index (κ2) is 5.82. The summed E-state index contributed by atoms with van der Waals surface area (Å²) in [6, 6.07) is 0. The number of ketones is 1. The molecule has 3 rings (SSSR count). The average molecular weight is 346 g/mol. The number of hydrogen-bond acceptors (Lipinski definition) is 5. The molecule has 1 saturated carbocycles. The maximum absolute atomic E-state index is 13.1. The van der Waals surface area contributed by atoms with Crippen LogP contribution in [-0.4, -0.2) is 29.4 Å². The van der Waals surface area contributed by atoms with Crippen LogP contribution < -0.4 is 0 Å². The topological polar surface area (TPSA) is 69.7 Å². The van der Waals surface area contributed by atoms with Gasteiger partial charge in [-0.3, -0.25) is 9.59 Å². The molecular weight excluding hydrogens is 320 g/mol. The lowest BCUT2D eigenvalue weighted by molar-refractivity contribution is -0.178. The molecule has 2 aliphatic carbocycles. The van der Waals surface area contributed by atoms with Crippen molar-refractivity contribution in [1.29, 1.82) is 0 Å². The van der Waals surface area contributed by atoms with E-state index >= 15 is 0 Å². The Kier molecular flexibility index (Phi) is 4.17. The Hall–Kier alpha value is -1.91. The largest absolute Gasteiger partial charge is 0.457 e. The molecule has 1 saturated heterocycles. The van der Waals surface area contributed by atoms with Gasteiger partial charge in [0.05, 0.1) is 5.92 Å². The molecule has 1 spiro atoms. The fourth-order valence-electron chi connectivity index (χ4n) is 4.66.